The monoisotopic (exact) mass is 428 g/mol. The van der Waals surface area contributed by atoms with Gasteiger partial charge in [0.15, 0.2) is 5.78 Å². The normalized spacial score (nSPS) is 15.1. The van der Waals surface area contributed by atoms with Gasteiger partial charge < -0.3 is 15.5 Å². The smallest absolute Gasteiger partial charge is 0.244 e. The van der Waals surface area contributed by atoms with Crippen molar-refractivity contribution in [1.82, 2.24) is 5.32 Å². The Balaban J connectivity index is 1.65. The molecule has 5 nitrogen and oxygen atoms in total. The number of amides is 1. The molecule has 1 aliphatic rings. The van der Waals surface area contributed by atoms with Crippen LogP contribution in [-0.2, 0) is 11.2 Å². The van der Waals surface area contributed by atoms with Crippen LogP contribution in [0.15, 0.2) is 48.6 Å². The van der Waals surface area contributed by atoms with Crippen molar-refractivity contribution in [2.24, 2.45) is 0 Å². The molecule has 1 aromatic carbocycles. The predicted molar refractivity (Wildman–Crippen MR) is 118 cm³/mol. The van der Waals surface area contributed by atoms with E-state index in [-0.39, 0.29) is 17.8 Å². The zero-order valence-corrected chi connectivity index (χ0v) is 17.7. The molecule has 29 heavy (non-hydrogen) atoms. The molecule has 3 rings (SSSR count). The Morgan fingerprint density at radius 2 is 2.10 bits per heavy atom. The average Bonchev–Trinajstić information content (AvgIpc) is 3.31. The summed E-state index contributed by atoms with van der Waals surface area (Å²) in [4.78, 5) is 25.2. The molecule has 1 aromatic heterocycles. The fourth-order valence-corrected chi connectivity index (χ4v) is 4.07. The largest absolute Gasteiger partial charge is 0.486 e. The second-order valence-corrected chi connectivity index (χ2v) is 8.33. The molecule has 1 amide bonds. The summed E-state index contributed by atoms with van der Waals surface area (Å²) in [6.45, 7) is 7.20. The number of carbonyl (C=O) groups is 2. The van der Waals surface area contributed by atoms with E-state index in [9.17, 15) is 9.59 Å². The van der Waals surface area contributed by atoms with Crippen molar-refractivity contribution in [3.05, 3.63) is 64.0 Å². The van der Waals surface area contributed by atoms with Crippen molar-refractivity contribution >= 4 is 40.3 Å². The number of carbonyl (C=O) groups excluding carboxylic acids is 2. The van der Waals surface area contributed by atoms with Crippen molar-refractivity contribution < 1.29 is 14.3 Å². The van der Waals surface area contributed by atoms with Crippen LogP contribution in [0, 0.1) is 5.41 Å². The highest BCUT2D eigenvalue weighted by Crippen LogP contribution is 2.41. The molecule has 1 atom stereocenters. The molecule has 0 bridgehead atoms. The molecule has 1 aliphatic heterocycles. The number of rotatable bonds is 7. The van der Waals surface area contributed by atoms with E-state index >= 15 is 0 Å². The Hall–Kier alpha value is -2.70. The van der Waals surface area contributed by atoms with E-state index in [4.69, 9.17) is 21.7 Å². The summed E-state index contributed by atoms with van der Waals surface area (Å²) in [5.74, 6) is 0.413. The number of thiophene rings is 1. The Labute approximate surface area is 178 Å². The van der Waals surface area contributed by atoms with Gasteiger partial charge in [-0.2, -0.15) is 0 Å². The number of ketones is 1. The van der Waals surface area contributed by atoms with Gasteiger partial charge in [0.05, 0.1) is 16.4 Å². The number of ether oxygens (including phenoxy) is 1. The highest BCUT2D eigenvalue weighted by atomic mass is 35.5. The number of halogens is 1. The first-order valence-corrected chi connectivity index (χ1v) is 10.2. The maximum Gasteiger partial charge on any atom is 0.244 e. The predicted octanol–water partition coefficient (Wildman–Crippen LogP) is 4.84. The van der Waals surface area contributed by atoms with Crippen LogP contribution in [0.3, 0.4) is 0 Å². The summed E-state index contributed by atoms with van der Waals surface area (Å²) in [5, 5.41) is 10.8. The van der Waals surface area contributed by atoms with Gasteiger partial charge in [-0.05, 0) is 55.3 Å². The van der Waals surface area contributed by atoms with Crippen LogP contribution in [0.1, 0.15) is 29.1 Å². The van der Waals surface area contributed by atoms with Crippen LogP contribution >= 0.6 is 22.9 Å². The van der Waals surface area contributed by atoms with Crippen molar-refractivity contribution in [2.45, 2.75) is 26.4 Å². The Bertz CT molecular complexity index is 1040. The minimum Gasteiger partial charge on any atom is -0.486 e. The van der Waals surface area contributed by atoms with Crippen LogP contribution in [0.5, 0.6) is 5.75 Å². The number of Topliss-reactive ketones (excluding diaryl/α,β-unsaturated/α-hetero) is 1. The number of allylic oxidation sites excluding steroid dienone is 2. The highest BCUT2D eigenvalue weighted by molar-refractivity contribution is 7.17. The van der Waals surface area contributed by atoms with E-state index in [0.29, 0.717) is 39.9 Å². The molecule has 2 aromatic rings. The Morgan fingerprint density at radius 3 is 2.76 bits per heavy atom. The maximum absolute atomic E-state index is 11.9. The Kier molecular flexibility index (Phi) is 6.35. The fraction of sp³-hybridized carbons (Fsp3) is 0.227. The lowest BCUT2D eigenvalue weighted by molar-refractivity contribution is -0.116. The lowest BCUT2D eigenvalue weighted by Crippen LogP contribution is -2.33. The summed E-state index contributed by atoms with van der Waals surface area (Å²) in [7, 11) is 0. The molecule has 2 N–H and O–H groups in total. The van der Waals surface area contributed by atoms with Crippen LogP contribution in [-0.4, -0.2) is 30.1 Å². The third-order valence-electron chi connectivity index (χ3n) is 4.51. The second-order valence-electron chi connectivity index (χ2n) is 6.84. The standard InChI is InChI=1S/C22H21ClN2O3S/c1-12(13(2)24)4-7-21(27)25-11-17-9-16-8-15(10-18(23)22(16)28-17)20-6-5-19(29-20)14(3)26/h4-8,10,17,24H,1,9,11H2,2-3H3,(H,25,27)/b7-4+,24-13?. The number of hydrogen-bond acceptors (Lipinski definition) is 5. The first kappa shape index (κ1) is 21.0. The second kappa shape index (κ2) is 8.76. The van der Waals surface area contributed by atoms with Gasteiger partial charge in [0.1, 0.15) is 11.9 Å². The molecular formula is C22H21ClN2O3S. The van der Waals surface area contributed by atoms with Gasteiger partial charge in [0.2, 0.25) is 5.91 Å². The molecule has 0 saturated carbocycles. The SMILES string of the molecule is C=C(/C=C/C(=O)NCC1Cc2cc(-c3ccc(C(C)=O)s3)cc(Cl)c2O1)C(C)=N. The van der Waals surface area contributed by atoms with Gasteiger partial charge in [-0.25, -0.2) is 0 Å². The van der Waals surface area contributed by atoms with Crippen molar-refractivity contribution in [1.29, 1.82) is 5.41 Å². The third-order valence-corrected chi connectivity index (χ3v) is 6.03. The summed E-state index contributed by atoms with van der Waals surface area (Å²) in [5.41, 5.74) is 2.73. The molecule has 0 spiro atoms. The quantitative estimate of drug-likeness (QED) is 0.286. The molecule has 0 saturated heterocycles. The van der Waals surface area contributed by atoms with E-state index in [0.717, 1.165) is 16.0 Å². The summed E-state index contributed by atoms with van der Waals surface area (Å²) < 4.78 is 5.91. The van der Waals surface area contributed by atoms with Gasteiger partial charge in [0.25, 0.3) is 0 Å². The van der Waals surface area contributed by atoms with E-state index in [2.05, 4.69) is 11.9 Å². The van der Waals surface area contributed by atoms with Gasteiger partial charge in [0, 0.05) is 28.6 Å². The topological polar surface area (TPSA) is 79.2 Å². The summed E-state index contributed by atoms with van der Waals surface area (Å²) in [6, 6.07) is 7.60. The van der Waals surface area contributed by atoms with Crippen LogP contribution in [0.2, 0.25) is 5.02 Å². The van der Waals surface area contributed by atoms with Gasteiger partial charge in [-0.1, -0.05) is 18.2 Å². The molecular weight excluding hydrogens is 408 g/mol. The number of fused-ring (bicyclic) bond motifs is 1. The molecule has 1 unspecified atom stereocenters. The highest BCUT2D eigenvalue weighted by Gasteiger charge is 2.26. The first-order chi connectivity index (χ1) is 13.7. The third kappa shape index (κ3) is 5.02. The minimum atomic E-state index is -0.269. The van der Waals surface area contributed by atoms with Crippen LogP contribution < -0.4 is 10.1 Å². The first-order valence-electron chi connectivity index (χ1n) is 9.05. The molecule has 0 fully saturated rings. The van der Waals surface area contributed by atoms with E-state index in [1.165, 1.54) is 23.5 Å². The van der Waals surface area contributed by atoms with Crippen molar-refractivity contribution in [3.63, 3.8) is 0 Å². The van der Waals surface area contributed by atoms with Gasteiger partial charge in [-0.15, -0.1) is 11.3 Å². The maximum atomic E-state index is 11.9. The number of benzene rings is 1. The molecule has 0 aliphatic carbocycles. The molecule has 0 radical (unpaired) electrons. The van der Waals surface area contributed by atoms with Gasteiger partial charge >= 0.3 is 0 Å². The van der Waals surface area contributed by atoms with E-state index in [1.807, 2.05) is 24.3 Å². The minimum absolute atomic E-state index is 0.0426. The lowest BCUT2D eigenvalue weighted by atomic mass is 10.1. The van der Waals surface area contributed by atoms with Crippen LogP contribution in [0.25, 0.3) is 10.4 Å². The number of hydrogen-bond donors (Lipinski definition) is 2. The van der Waals surface area contributed by atoms with E-state index in [1.54, 1.807) is 13.8 Å². The van der Waals surface area contributed by atoms with Gasteiger partial charge in [-0.3, -0.25) is 9.59 Å². The molecule has 150 valence electrons. The van der Waals surface area contributed by atoms with Crippen molar-refractivity contribution in [2.75, 3.05) is 6.54 Å². The lowest BCUT2D eigenvalue weighted by Gasteiger charge is -2.11. The molecule has 2 heterocycles. The molecule has 7 heteroatoms. The average molecular weight is 429 g/mol. The number of nitrogens with one attached hydrogen (secondary N) is 2. The Morgan fingerprint density at radius 1 is 1.34 bits per heavy atom. The van der Waals surface area contributed by atoms with Crippen LogP contribution in [0.4, 0.5) is 0 Å². The zero-order valence-electron chi connectivity index (χ0n) is 16.2. The van der Waals surface area contributed by atoms with Crippen molar-refractivity contribution in [3.8, 4) is 16.2 Å². The fourth-order valence-electron chi connectivity index (χ4n) is 2.90. The summed E-state index contributed by atoms with van der Waals surface area (Å²) >= 11 is 7.86. The summed E-state index contributed by atoms with van der Waals surface area (Å²) in [6.07, 6.45) is 3.29. The zero-order chi connectivity index (χ0) is 21.1. The van der Waals surface area contributed by atoms with E-state index < -0.39 is 0 Å².